The van der Waals surface area contributed by atoms with E-state index in [0.29, 0.717) is 13.0 Å². The van der Waals surface area contributed by atoms with Gasteiger partial charge in [0.2, 0.25) is 0 Å². The van der Waals surface area contributed by atoms with Crippen molar-refractivity contribution >= 4 is 6.09 Å². The van der Waals surface area contributed by atoms with Crippen LogP contribution in [0, 0.1) is 0 Å². The van der Waals surface area contributed by atoms with Crippen LogP contribution < -0.4 is 5.32 Å². The molecule has 1 amide bonds. The fourth-order valence-electron chi connectivity index (χ4n) is 2.88. The molecule has 0 spiro atoms. The van der Waals surface area contributed by atoms with Crippen molar-refractivity contribution in [1.82, 2.24) is 10.2 Å². The maximum Gasteiger partial charge on any atom is 0.410 e. The molecule has 1 aliphatic carbocycles. The van der Waals surface area contributed by atoms with Crippen LogP contribution in [0.15, 0.2) is 30.3 Å². The van der Waals surface area contributed by atoms with Crippen LogP contribution in [0.5, 0.6) is 0 Å². The second-order valence-corrected chi connectivity index (χ2v) is 6.20. The van der Waals surface area contributed by atoms with Crippen LogP contribution in [-0.2, 0) is 11.3 Å². The molecule has 1 saturated carbocycles. The zero-order valence-electron chi connectivity index (χ0n) is 12.6. The molecule has 2 aliphatic rings. The van der Waals surface area contributed by atoms with Crippen LogP contribution in [0.1, 0.15) is 24.8 Å². The smallest absolute Gasteiger partial charge is 0.410 e. The lowest BCUT2D eigenvalue weighted by Gasteiger charge is -2.25. The van der Waals surface area contributed by atoms with Crippen LogP contribution in [0.4, 0.5) is 18.0 Å². The van der Waals surface area contributed by atoms with Gasteiger partial charge in [0.05, 0.1) is 0 Å². The Bertz CT molecular complexity index is 558. The Kier molecular flexibility index (Phi) is 4.23. The lowest BCUT2D eigenvalue weighted by molar-refractivity contribution is -0.167. The summed E-state index contributed by atoms with van der Waals surface area (Å²) in [6.45, 7) is 0.839. The van der Waals surface area contributed by atoms with Crippen LogP contribution >= 0.6 is 0 Å². The molecule has 1 heterocycles. The average molecular weight is 328 g/mol. The van der Waals surface area contributed by atoms with Crippen LogP contribution in [0.25, 0.3) is 0 Å². The maximum atomic E-state index is 12.9. The monoisotopic (exact) mass is 328 g/mol. The number of hydrogen-bond acceptors (Lipinski definition) is 3. The SMILES string of the molecule is O=C(OCc1ccccc1)N1CCC(NC2(C(F)(F)F)CC2)C1. The van der Waals surface area contributed by atoms with Crippen LogP contribution in [-0.4, -0.2) is 41.8 Å². The minimum atomic E-state index is -4.23. The zero-order chi connectivity index (χ0) is 16.5. The average Bonchev–Trinajstić information content (AvgIpc) is 3.16. The molecule has 1 N–H and O–H groups in total. The lowest BCUT2D eigenvalue weighted by Crippen LogP contribution is -2.50. The molecular weight excluding hydrogens is 309 g/mol. The summed E-state index contributed by atoms with van der Waals surface area (Å²) in [6.07, 6.45) is -3.96. The Labute approximate surface area is 132 Å². The molecule has 1 aliphatic heterocycles. The van der Waals surface area contributed by atoms with E-state index in [-0.39, 0.29) is 32.0 Å². The topological polar surface area (TPSA) is 41.6 Å². The molecule has 1 aromatic rings. The highest BCUT2D eigenvalue weighted by atomic mass is 19.4. The molecule has 2 fully saturated rings. The second kappa shape index (κ2) is 6.03. The molecule has 1 atom stereocenters. The third-order valence-electron chi connectivity index (χ3n) is 4.42. The van der Waals surface area contributed by atoms with Gasteiger partial charge in [0.1, 0.15) is 12.1 Å². The van der Waals surface area contributed by atoms with Crippen molar-refractivity contribution < 1.29 is 22.7 Å². The molecule has 0 radical (unpaired) electrons. The normalized spacial score (nSPS) is 22.9. The predicted molar refractivity (Wildman–Crippen MR) is 77.8 cm³/mol. The fraction of sp³-hybridized carbons (Fsp3) is 0.562. The van der Waals surface area contributed by atoms with Crippen molar-refractivity contribution in [2.75, 3.05) is 13.1 Å². The van der Waals surface area contributed by atoms with Gasteiger partial charge in [0.25, 0.3) is 0 Å². The molecule has 1 saturated heterocycles. The van der Waals surface area contributed by atoms with E-state index in [0.717, 1.165) is 5.56 Å². The van der Waals surface area contributed by atoms with E-state index in [1.54, 1.807) is 0 Å². The van der Waals surface area contributed by atoms with Gasteiger partial charge in [0, 0.05) is 19.1 Å². The van der Waals surface area contributed by atoms with Crippen molar-refractivity contribution in [2.24, 2.45) is 0 Å². The van der Waals surface area contributed by atoms with Gasteiger partial charge in [-0.1, -0.05) is 30.3 Å². The highest BCUT2D eigenvalue weighted by Gasteiger charge is 2.64. The summed E-state index contributed by atoms with van der Waals surface area (Å²) >= 11 is 0. The maximum absolute atomic E-state index is 12.9. The van der Waals surface area contributed by atoms with E-state index >= 15 is 0 Å². The number of nitrogens with zero attached hydrogens (tertiary/aromatic N) is 1. The number of carbonyl (C=O) groups excluding carboxylic acids is 1. The van der Waals surface area contributed by atoms with E-state index in [9.17, 15) is 18.0 Å². The van der Waals surface area contributed by atoms with Gasteiger partial charge in [-0.05, 0) is 24.8 Å². The number of likely N-dealkylation sites (tertiary alicyclic amines) is 1. The molecule has 4 nitrogen and oxygen atoms in total. The Balaban J connectivity index is 1.47. The van der Waals surface area contributed by atoms with Crippen molar-refractivity contribution in [1.29, 1.82) is 0 Å². The Morgan fingerprint density at radius 3 is 2.61 bits per heavy atom. The first-order valence-electron chi connectivity index (χ1n) is 7.70. The Morgan fingerprint density at radius 2 is 2.00 bits per heavy atom. The quantitative estimate of drug-likeness (QED) is 0.923. The minimum Gasteiger partial charge on any atom is -0.445 e. The Hall–Kier alpha value is -1.76. The third-order valence-corrected chi connectivity index (χ3v) is 4.42. The van der Waals surface area contributed by atoms with Crippen molar-refractivity contribution in [3.05, 3.63) is 35.9 Å². The number of benzene rings is 1. The summed E-state index contributed by atoms with van der Waals surface area (Å²) in [5.74, 6) is 0. The molecular formula is C16H19F3N2O2. The predicted octanol–water partition coefficient (Wildman–Crippen LogP) is 3.08. The summed E-state index contributed by atoms with van der Waals surface area (Å²) in [7, 11) is 0. The van der Waals surface area contributed by atoms with Crippen molar-refractivity contribution in [2.45, 2.75) is 43.6 Å². The lowest BCUT2D eigenvalue weighted by atomic mass is 10.2. The number of ether oxygens (including phenoxy) is 1. The number of nitrogens with one attached hydrogen (secondary N) is 1. The van der Waals surface area contributed by atoms with Gasteiger partial charge in [-0.25, -0.2) is 4.79 Å². The van der Waals surface area contributed by atoms with Crippen LogP contribution in [0.2, 0.25) is 0 Å². The number of alkyl halides is 3. The molecule has 1 aromatic carbocycles. The summed E-state index contributed by atoms with van der Waals surface area (Å²) in [4.78, 5) is 13.5. The first-order valence-corrected chi connectivity index (χ1v) is 7.70. The summed E-state index contributed by atoms with van der Waals surface area (Å²) < 4.78 is 44.0. The summed E-state index contributed by atoms with van der Waals surface area (Å²) in [5.41, 5.74) is -0.856. The zero-order valence-corrected chi connectivity index (χ0v) is 12.6. The highest BCUT2D eigenvalue weighted by Crippen LogP contribution is 2.49. The van der Waals surface area contributed by atoms with Gasteiger partial charge in [-0.15, -0.1) is 0 Å². The van der Waals surface area contributed by atoms with E-state index < -0.39 is 17.8 Å². The molecule has 0 bridgehead atoms. The number of carbonyl (C=O) groups is 1. The van der Waals surface area contributed by atoms with Gasteiger partial charge >= 0.3 is 12.3 Å². The third kappa shape index (κ3) is 3.60. The molecule has 7 heteroatoms. The summed E-state index contributed by atoms with van der Waals surface area (Å²) in [6, 6.07) is 8.94. The molecule has 126 valence electrons. The number of rotatable bonds is 4. The number of amides is 1. The van der Waals surface area contributed by atoms with Crippen LogP contribution in [0.3, 0.4) is 0 Å². The van der Waals surface area contributed by atoms with E-state index in [2.05, 4.69) is 5.32 Å². The number of hydrogen-bond donors (Lipinski definition) is 1. The van der Waals surface area contributed by atoms with E-state index in [1.165, 1.54) is 4.90 Å². The molecule has 3 rings (SSSR count). The van der Waals surface area contributed by atoms with Gasteiger partial charge < -0.3 is 9.64 Å². The largest absolute Gasteiger partial charge is 0.445 e. The van der Waals surface area contributed by atoms with Gasteiger partial charge in [-0.2, -0.15) is 13.2 Å². The van der Waals surface area contributed by atoms with E-state index in [4.69, 9.17) is 4.74 Å². The summed E-state index contributed by atoms with van der Waals surface area (Å²) in [5, 5.41) is 2.69. The van der Waals surface area contributed by atoms with Gasteiger partial charge in [-0.3, -0.25) is 5.32 Å². The van der Waals surface area contributed by atoms with Crippen molar-refractivity contribution in [3.63, 3.8) is 0 Å². The minimum absolute atomic E-state index is 0.117. The highest BCUT2D eigenvalue weighted by molar-refractivity contribution is 5.68. The molecule has 0 aromatic heterocycles. The molecule has 23 heavy (non-hydrogen) atoms. The fourth-order valence-corrected chi connectivity index (χ4v) is 2.88. The Morgan fingerprint density at radius 1 is 1.30 bits per heavy atom. The first kappa shape index (κ1) is 16.1. The number of halogens is 3. The van der Waals surface area contributed by atoms with E-state index in [1.807, 2.05) is 30.3 Å². The van der Waals surface area contributed by atoms with Gasteiger partial charge in [0.15, 0.2) is 0 Å². The standard InChI is InChI=1S/C16H19F3N2O2/c17-16(18,19)15(7-8-15)20-13-6-9-21(10-13)14(22)23-11-12-4-2-1-3-5-12/h1-5,13,20H,6-11H2. The first-order chi connectivity index (χ1) is 10.9. The van der Waals surface area contributed by atoms with Crippen molar-refractivity contribution in [3.8, 4) is 0 Å². The molecule has 1 unspecified atom stereocenters. The second-order valence-electron chi connectivity index (χ2n) is 6.20.